The fourth-order valence-corrected chi connectivity index (χ4v) is 7.92. The predicted molar refractivity (Wildman–Crippen MR) is 120 cm³/mol. The molecule has 0 aromatic heterocycles. The molecule has 0 radical (unpaired) electrons. The van der Waals surface area contributed by atoms with Crippen molar-refractivity contribution in [2.75, 3.05) is 25.1 Å². The minimum absolute atomic E-state index is 0.0869. The van der Waals surface area contributed by atoms with E-state index in [1.54, 1.807) is 7.11 Å². The van der Waals surface area contributed by atoms with Gasteiger partial charge in [-0.05, 0) is 80.8 Å². The maximum Gasteiger partial charge on any atom is 0.182 e. The molecular formula is C26H32N2O2. The van der Waals surface area contributed by atoms with E-state index in [0.29, 0.717) is 29.0 Å². The summed E-state index contributed by atoms with van der Waals surface area (Å²) >= 11 is 0. The molecule has 1 N–H and O–H groups in total. The molecule has 3 fully saturated rings. The van der Waals surface area contributed by atoms with Crippen molar-refractivity contribution >= 4 is 11.4 Å². The summed E-state index contributed by atoms with van der Waals surface area (Å²) in [6.45, 7) is 4.81. The zero-order valence-corrected chi connectivity index (χ0v) is 18.1. The number of piperidine rings is 1. The molecule has 2 aromatic carbocycles. The lowest BCUT2D eigenvalue weighted by atomic mass is 9.52. The Hall–Kier alpha value is -2.20. The van der Waals surface area contributed by atoms with Crippen LogP contribution in [-0.2, 0) is 5.41 Å². The van der Waals surface area contributed by atoms with Gasteiger partial charge in [-0.3, -0.25) is 4.90 Å². The van der Waals surface area contributed by atoms with E-state index in [1.807, 2.05) is 6.07 Å². The molecule has 1 spiro atoms. The van der Waals surface area contributed by atoms with Crippen LogP contribution < -0.4 is 9.64 Å². The first-order chi connectivity index (χ1) is 14.7. The fraction of sp³-hybridized carbons (Fsp3) is 0.538. The van der Waals surface area contributed by atoms with Crippen LogP contribution in [0.3, 0.4) is 0 Å². The molecule has 0 unspecified atom stereocenters. The average molecular weight is 405 g/mol. The number of methoxy groups -OCH3 is 1. The molecule has 2 saturated heterocycles. The number of para-hydroxylation sites is 1. The average Bonchev–Trinajstić information content (AvgIpc) is 3.33. The van der Waals surface area contributed by atoms with E-state index >= 15 is 0 Å². The monoisotopic (exact) mass is 404 g/mol. The molecule has 1 aliphatic carbocycles. The molecule has 0 amide bonds. The van der Waals surface area contributed by atoms with Crippen molar-refractivity contribution in [3.05, 3.63) is 48.0 Å². The number of nitrogens with zero attached hydrogens (tertiary/aromatic N) is 2. The second-order valence-electron chi connectivity index (χ2n) is 9.82. The van der Waals surface area contributed by atoms with Gasteiger partial charge in [0, 0.05) is 23.2 Å². The molecule has 3 aliphatic heterocycles. The van der Waals surface area contributed by atoms with Gasteiger partial charge in [0.15, 0.2) is 11.5 Å². The first-order valence-electron chi connectivity index (χ1n) is 11.6. The normalized spacial score (nSPS) is 34.4. The summed E-state index contributed by atoms with van der Waals surface area (Å²) in [5, 5.41) is 11.3. The standard InChI is InChI=1S/C26H32N2O2/c1-3-25-13-7-16-27-17-15-26(24(25)27)19-10-11-20(30-2)23(29)22(19)28(21(26)12-14-25)18-8-5-4-6-9-18/h4-6,8-11,21,24,29H,3,7,12-17H2,1-2H3/t21-,24-,25-,26-/m1/s1. The minimum atomic E-state index is 0.0869. The van der Waals surface area contributed by atoms with Crippen molar-refractivity contribution in [1.82, 2.24) is 4.90 Å². The largest absolute Gasteiger partial charge is 0.503 e. The molecule has 4 heteroatoms. The molecule has 30 heavy (non-hydrogen) atoms. The number of aromatic hydroxyl groups is 1. The van der Waals surface area contributed by atoms with Crippen molar-refractivity contribution in [1.29, 1.82) is 0 Å². The Morgan fingerprint density at radius 3 is 2.67 bits per heavy atom. The lowest BCUT2D eigenvalue weighted by Crippen LogP contribution is -2.64. The summed E-state index contributed by atoms with van der Waals surface area (Å²) in [5.74, 6) is 0.879. The molecule has 4 atom stereocenters. The summed E-state index contributed by atoms with van der Waals surface area (Å²) in [4.78, 5) is 5.27. The molecule has 2 aromatic rings. The van der Waals surface area contributed by atoms with E-state index in [1.165, 1.54) is 62.9 Å². The summed E-state index contributed by atoms with van der Waals surface area (Å²) in [7, 11) is 1.65. The van der Waals surface area contributed by atoms with Gasteiger partial charge in [-0.25, -0.2) is 0 Å². The van der Waals surface area contributed by atoms with Crippen LogP contribution in [0.4, 0.5) is 11.4 Å². The van der Waals surface area contributed by atoms with Crippen LogP contribution in [0.5, 0.6) is 11.5 Å². The van der Waals surface area contributed by atoms with Crippen molar-refractivity contribution in [2.24, 2.45) is 5.41 Å². The smallest absolute Gasteiger partial charge is 0.182 e. The van der Waals surface area contributed by atoms with Gasteiger partial charge < -0.3 is 14.7 Å². The SMILES string of the molecule is CC[C@@]12CCCN3CC[C@]4(c5ccc(OC)c(O)c5N(c5ccccc5)[C@@H]4CC1)[C@H]32. The highest BCUT2D eigenvalue weighted by Gasteiger charge is 2.68. The third-order valence-corrected chi connectivity index (χ3v) is 9.00. The van der Waals surface area contributed by atoms with Crippen LogP contribution in [0.25, 0.3) is 0 Å². The Kier molecular flexibility index (Phi) is 3.96. The Bertz CT molecular complexity index is 976. The number of phenolic OH excluding ortho intramolecular Hbond substituents is 1. The third kappa shape index (κ3) is 2.11. The number of benzene rings is 2. The highest BCUT2D eigenvalue weighted by atomic mass is 16.5. The third-order valence-electron chi connectivity index (χ3n) is 9.00. The zero-order valence-electron chi connectivity index (χ0n) is 18.1. The Morgan fingerprint density at radius 2 is 1.90 bits per heavy atom. The van der Waals surface area contributed by atoms with E-state index < -0.39 is 0 Å². The van der Waals surface area contributed by atoms with Crippen molar-refractivity contribution in [2.45, 2.75) is 62.9 Å². The van der Waals surface area contributed by atoms with Crippen LogP contribution in [0.15, 0.2) is 42.5 Å². The number of anilines is 2. The van der Waals surface area contributed by atoms with Gasteiger partial charge in [-0.15, -0.1) is 0 Å². The Balaban J connectivity index is 1.62. The van der Waals surface area contributed by atoms with Crippen LogP contribution in [-0.4, -0.2) is 42.3 Å². The molecule has 3 heterocycles. The Labute approximate surface area is 179 Å². The molecule has 6 rings (SSSR count). The van der Waals surface area contributed by atoms with E-state index in [2.05, 4.69) is 53.1 Å². The quantitative estimate of drug-likeness (QED) is 0.761. The Morgan fingerprint density at radius 1 is 1.07 bits per heavy atom. The summed E-state index contributed by atoms with van der Waals surface area (Å²) < 4.78 is 5.55. The first kappa shape index (κ1) is 18.6. The summed E-state index contributed by atoms with van der Waals surface area (Å²) in [5.41, 5.74) is 4.02. The lowest BCUT2D eigenvalue weighted by Gasteiger charge is -2.58. The maximum atomic E-state index is 11.3. The maximum absolute atomic E-state index is 11.3. The lowest BCUT2D eigenvalue weighted by molar-refractivity contribution is -0.0331. The van der Waals surface area contributed by atoms with Crippen LogP contribution in [0.2, 0.25) is 0 Å². The van der Waals surface area contributed by atoms with Crippen LogP contribution in [0.1, 0.15) is 51.0 Å². The number of hydrogen-bond acceptors (Lipinski definition) is 4. The number of hydrogen-bond donors (Lipinski definition) is 1. The summed E-state index contributed by atoms with van der Waals surface area (Å²) in [6.07, 6.45) is 7.59. The van der Waals surface area contributed by atoms with E-state index in [-0.39, 0.29) is 5.41 Å². The molecular weight excluding hydrogens is 372 g/mol. The second kappa shape index (κ2) is 6.40. The van der Waals surface area contributed by atoms with Crippen LogP contribution in [0, 0.1) is 5.41 Å². The van der Waals surface area contributed by atoms with Crippen molar-refractivity contribution in [3.63, 3.8) is 0 Å². The van der Waals surface area contributed by atoms with Crippen molar-refractivity contribution in [3.8, 4) is 11.5 Å². The second-order valence-corrected chi connectivity index (χ2v) is 9.82. The molecule has 4 aliphatic rings. The fourth-order valence-electron chi connectivity index (χ4n) is 7.92. The number of phenols is 1. The zero-order chi connectivity index (χ0) is 20.5. The van der Waals surface area contributed by atoms with Gasteiger partial charge >= 0.3 is 0 Å². The van der Waals surface area contributed by atoms with Crippen LogP contribution >= 0.6 is 0 Å². The highest BCUT2D eigenvalue weighted by Crippen LogP contribution is 2.68. The number of rotatable bonds is 3. The number of fused-ring (bicyclic) bond motifs is 1. The highest BCUT2D eigenvalue weighted by molar-refractivity contribution is 5.82. The topological polar surface area (TPSA) is 35.9 Å². The predicted octanol–water partition coefficient (Wildman–Crippen LogP) is 5.22. The van der Waals surface area contributed by atoms with Gasteiger partial charge in [0.05, 0.1) is 12.8 Å². The molecule has 4 nitrogen and oxygen atoms in total. The molecule has 158 valence electrons. The van der Waals surface area contributed by atoms with Gasteiger partial charge in [-0.2, -0.15) is 0 Å². The number of ether oxygens (including phenoxy) is 1. The van der Waals surface area contributed by atoms with Gasteiger partial charge in [0.2, 0.25) is 0 Å². The van der Waals surface area contributed by atoms with Gasteiger partial charge in [0.1, 0.15) is 0 Å². The molecule has 1 saturated carbocycles. The van der Waals surface area contributed by atoms with E-state index in [4.69, 9.17) is 4.74 Å². The van der Waals surface area contributed by atoms with E-state index in [0.717, 1.165) is 5.69 Å². The minimum Gasteiger partial charge on any atom is -0.503 e. The summed E-state index contributed by atoms with van der Waals surface area (Å²) in [6, 6.07) is 15.9. The first-order valence-corrected chi connectivity index (χ1v) is 11.6. The van der Waals surface area contributed by atoms with Gasteiger partial charge in [-0.1, -0.05) is 31.2 Å². The molecule has 0 bridgehead atoms. The van der Waals surface area contributed by atoms with E-state index in [9.17, 15) is 5.11 Å². The van der Waals surface area contributed by atoms with Gasteiger partial charge in [0.25, 0.3) is 0 Å². The van der Waals surface area contributed by atoms with Crippen molar-refractivity contribution < 1.29 is 9.84 Å².